The van der Waals surface area contributed by atoms with E-state index < -0.39 is 15.6 Å². The molecule has 0 atom stereocenters. The molecule has 0 aliphatic carbocycles. The van der Waals surface area contributed by atoms with Crippen molar-refractivity contribution in [2.45, 2.75) is 0 Å². The molecule has 0 aliphatic rings. The van der Waals surface area contributed by atoms with E-state index in [1.807, 2.05) is 30.3 Å². The summed E-state index contributed by atoms with van der Waals surface area (Å²) in [5.41, 5.74) is 6.18. The quantitative estimate of drug-likeness (QED) is 0.252. The molecule has 0 unspecified atom stereocenters. The van der Waals surface area contributed by atoms with E-state index >= 15 is 0 Å². The van der Waals surface area contributed by atoms with E-state index in [-0.39, 0.29) is 60.5 Å². The number of rotatable bonds is 0. The molecule has 14 heteroatoms. The summed E-state index contributed by atoms with van der Waals surface area (Å²) in [5, 5.41) is 0. The second-order valence-corrected chi connectivity index (χ2v) is 4.09. The Morgan fingerprint density at radius 3 is 1.10 bits per heavy atom. The van der Waals surface area contributed by atoms with Crippen LogP contribution in [0.25, 0.3) is 0 Å². The molecule has 9 nitrogen and oxygen atoms in total. The molecule has 0 bridgehead atoms. The van der Waals surface area contributed by atoms with Crippen LogP contribution < -0.4 is 64.7 Å². The summed E-state index contributed by atoms with van der Waals surface area (Å²) in [4.78, 5) is 51.3. The summed E-state index contributed by atoms with van der Waals surface area (Å²) in [6.07, 6.45) is 0. The van der Waals surface area contributed by atoms with Crippen molar-refractivity contribution in [2.75, 3.05) is 5.73 Å². The fourth-order valence-corrected chi connectivity index (χ4v) is 0.453. The number of hydrogen-bond donors (Lipinski definition) is 1. The standard InChI is InChI=1S/C6H7N.ClH.Na.2H3O4P.V/c7-6-4-2-1-3-5-6;;;2*1-5(2,3)4;/h1-5H,7H2;1H;;2*(H3,1,2,3,4);/q;;+1;;;/p-6. The minimum absolute atomic E-state index is 0. The van der Waals surface area contributed by atoms with Gasteiger partial charge in [-0.3, -0.25) is 0 Å². The van der Waals surface area contributed by atoms with Crippen molar-refractivity contribution < 1.29 is 86.6 Å². The number of para-hydroxylation sites is 1. The molecule has 0 aliphatic heterocycles. The second kappa shape index (κ2) is 16.5. The van der Waals surface area contributed by atoms with Gasteiger partial charge in [0.1, 0.15) is 0 Å². The number of nitrogens with two attached hydrogens (primary N) is 1. The molecule has 1 aromatic carbocycles. The van der Waals surface area contributed by atoms with Gasteiger partial charge in [0, 0.05) is 24.2 Å². The first kappa shape index (κ1) is 32.9. The number of benzene rings is 1. The van der Waals surface area contributed by atoms with Crippen LogP contribution in [0.5, 0.6) is 0 Å². The van der Waals surface area contributed by atoms with Crippen LogP contribution in [-0.4, -0.2) is 0 Å². The molecule has 1 radical (unpaired) electrons. The van der Waals surface area contributed by atoms with Crippen LogP contribution >= 0.6 is 28.1 Å². The molecule has 0 amide bonds. The smallest absolute Gasteiger partial charge is 0.822 e. The predicted molar refractivity (Wildman–Crippen MR) is 53.3 cm³/mol. The largest absolute Gasteiger partial charge is 1.00 e. The number of phosphoric acid groups is 2. The summed E-state index contributed by atoms with van der Waals surface area (Å²) in [5.74, 6) is 0. The molecular formula is C6H8ClNNaO8P2V-5. The van der Waals surface area contributed by atoms with Gasteiger partial charge >= 0.3 is 29.6 Å². The molecule has 0 saturated carbocycles. The van der Waals surface area contributed by atoms with Crippen LogP contribution in [0.3, 0.4) is 0 Å². The summed E-state index contributed by atoms with van der Waals surface area (Å²) < 4.78 is 17.1. The average Bonchev–Trinajstić information content (AvgIpc) is 1.98. The van der Waals surface area contributed by atoms with E-state index in [2.05, 4.69) is 0 Å². The predicted octanol–water partition coefficient (Wildman–Crippen LogP) is -6.96. The normalized spacial score (nSPS) is 8.90. The first-order valence-corrected chi connectivity index (χ1v) is 6.58. The van der Waals surface area contributed by atoms with Gasteiger partial charge in [0.2, 0.25) is 0 Å². The Labute approximate surface area is 155 Å². The van der Waals surface area contributed by atoms with Gasteiger partial charge < -0.3 is 44.2 Å². The van der Waals surface area contributed by atoms with E-state index in [0.717, 1.165) is 5.69 Å². The van der Waals surface area contributed by atoms with Crippen molar-refractivity contribution in [3.05, 3.63) is 30.3 Å². The van der Waals surface area contributed by atoms with Crippen LogP contribution in [0.4, 0.5) is 5.69 Å². The Morgan fingerprint density at radius 2 is 1.00 bits per heavy atom. The summed E-state index contributed by atoms with van der Waals surface area (Å²) >= 11 is 0. The summed E-state index contributed by atoms with van der Waals surface area (Å²) in [6.45, 7) is 0. The summed E-state index contributed by atoms with van der Waals surface area (Å²) in [7, 11) is -10.8. The first-order valence-electron chi connectivity index (χ1n) is 3.66. The molecule has 2 N–H and O–H groups in total. The Hall–Kier alpha value is 1.11. The maximum Gasteiger partial charge on any atom is 1.00 e. The van der Waals surface area contributed by atoms with Gasteiger partial charge in [0.25, 0.3) is 0 Å². The Balaban J connectivity index is -0.0000000536. The number of nitrogen functional groups attached to an aromatic ring is 1. The van der Waals surface area contributed by atoms with Gasteiger partial charge in [-0.15, -0.1) is 12.4 Å². The van der Waals surface area contributed by atoms with Crippen LogP contribution in [0.1, 0.15) is 0 Å². The Bertz CT molecular complexity index is 365. The first-order chi connectivity index (χ1) is 7.39. The Kier molecular flexibility index (Phi) is 27.1. The maximum atomic E-state index is 8.55. The Morgan fingerprint density at radius 1 is 0.800 bits per heavy atom. The number of halogens is 1. The maximum absolute atomic E-state index is 8.55. The van der Waals surface area contributed by atoms with Crippen LogP contribution in [0.15, 0.2) is 30.3 Å². The fraction of sp³-hybridized carbons (Fsp3) is 0. The van der Waals surface area contributed by atoms with Crippen LogP contribution in [0.2, 0.25) is 0 Å². The zero-order chi connectivity index (χ0) is 14.1. The average molecular weight is 393 g/mol. The third kappa shape index (κ3) is 75.5. The molecule has 0 spiro atoms. The third-order valence-corrected chi connectivity index (χ3v) is 0.800. The zero-order valence-electron chi connectivity index (χ0n) is 9.98. The topological polar surface area (TPSA) is 199 Å². The number of hydrogen-bond acceptors (Lipinski definition) is 9. The molecule has 20 heavy (non-hydrogen) atoms. The van der Waals surface area contributed by atoms with Gasteiger partial charge in [-0.2, -0.15) is 15.6 Å². The minimum Gasteiger partial charge on any atom is -0.822 e. The summed E-state index contributed by atoms with van der Waals surface area (Å²) in [6, 6.07) is 9.49. The second-order valence-electron chi connectivity index (χ2n) is 2.31. The molecular weight excluding hydrogens is 385 g/mol. The fourth-order valence-electron chi connectivity index (χ4n) is 0.453. The van der Waals surface area contributed by atoms with Gasteiger partial charge in [0.05, 0.1) is 0 Å². The van der Waals surface area contributed by atoms with Crippen molar-refractivity contribution in [3.8, 4) is 0 Å². The molecule has 1 aromatic rings. The minimum atomic E-state index is -5.39. The molecule has 1 rings (SSSR count). The molecule has 113 valence electrons. The molecule has 0 saturated heterocycles. The monoisotopic (exact) mass is 393 g/mol. The van der Waals surface area contributed by atoms with E-state index in [1.54, 1.807) is 0 Å². The van der Waals surface area contributed by atoms with Gasteiger partial charge in [0.15, 0.2) is 0 Å². The van der Waals surface area contributed by atoms with Gasteiger partial charge in [-0.05, 0) is 12.1 Å². The zero-order valence-corrected chi connectivity index (χ0v) is 16.0. The number of anilines is 1. The van der Waals surface area contributed by atoms with Crippen LogP contribution in [0, 0.1) is 0 Å². The molecule has 0 aromatic heterocycles. The van der Waals surface area contributed by atoms with Crippen molar-refractivity contribution >= 4 is 33.7 Å². The van der Waals surface area contributed by atoms with E-state index in [9.17, 15) is 0 Å². The van der Waals surface area contributed by atoms with Gasteiger partial charge in [-0.1, -0.05) is 18.2 Å². The van der Waals surface area contributed by atoms with Crippen molar-refractivity contribution in [1.82, 2.24) is 0 Å². The van der Waals surface area contributed by atoms with E-state index in [1.165, 1.54) is 0 Å². The van der Waals surface area contributed by atoms with Gasteiger partial charge in [-0.25, -0.2) is 0 Å². The van der Waals surface area contributed by atoms with Crippen molar-refractivity contribution in [2.24, 2.45) is 0 Å². The molecule has 0 heterocycles. The van der Waals surface area contributed by atoms with E-state index in [0.29, 0.717) is 0 Å². The van der Waals surface area contributed by atoms with Crippen molar-refractivity contribution in [1.29, 1.82) is 0 Å². The van der Waals surface area contributed by atoms with Crippen LogP contribution in [-0.2, 0) is 27.7 Å². The SMILES string of the molecule is Cl.Nc1ccccc1.O=P([O-])([O-])[O-].O=P([O-])([O-])[O-].[Na+].[V]. The van der Waals surface area contributed by atoms with E-state index in [4.69, 9.17) is 44.2 Å². The molecule has 0 fully saturated rings. The third-order valence-electron chi connectivity index (χ3n) is 0.800. The van der Waals surface area contributed by atoms with Crippen molar-refractivity contribution in [3.63, 3.8) is 0 Å².